The van der Waals surface area contributed by atoms with Gasteiger partial charge in [-0.1, -0.05) is 13.8 Å². The quantitative estimate of drug-likeness (QED) is 0.749. The van der Waals surface area contributed by atoms with Crippen molar-refractivity contribution in [3.8, 4) is 0 Å². The van der Waals surface area contributed by atoms with E-state index in [2.05, 4.69) is 30.7 Å². The van der Waals surface area contributed by atoms with Gasteiger partial charge in [0.1, 0.15) is 5.78 Å². The number of ketones is 1. The summed E-state index contributed by atoms with van der Waals surface area (Å²) in [6.45, 7) is 10.1. The zero-order valence-corrected chi connectivity index (χ0v) is 12.2. The Morgan fingerprint density at radius 2 is 1.94 bits per heavy atom. The number of hydrogen-bond acceptors (Lipinski definition) is 3. The minimum Gasteiger partial charge on any atom is -0.305 e. The van der Waals surface area contributed by atoms with Crippen LogP contribution in [0.2, 0.25) is 0 Å². The zero-order valence-electron chi connectivity index (χ0n) is 12.2. The first-order valence-corrected chi connectivity index (χ1v) is 7.50. The van der Waals surface area contributed by atoms with Crippen molar-refractivity contribution in [3.05, 3.63) is 0 Å². The summed E-state index contributed by atoms with van der Waals surface area (Å²) in [5.41, 5.74) is 0. The van der Waals surface area contributed by atoms with E-state index in [1.807, 2.05) is 0 Å². The lowest BCUT2D eigenvalue weighted by Gasteiger charge is -2.34. The van der Waals surface area contributed by atoms with Gasteiger partial charge in [0, 0.05) is 32.0 Å². The number of rotatable bonds is 2. The molecule has 1 aliphatic heterocycles. The molecule has 0 aromatic rings. The molecule has 3 atom stereocenters. The Hall–Kier alpha value is -0.410. The maximum absolute atomic E-state index is 12.2. The van der Waals surface area contributed by atoms with Crippen molar-refractivity contribution in [1.29, 1.82) is 0 Å². The first-order chi connectivity index (χ1) is 8.56. The van der Waals surface area contributed by atoms with Gasteiger partial charge in [-0.2, -0.15) is 0 Å². The van der Waals surface area contributed by atoms with Crippen LogP contribution in [0.15, 0.2) is 0 Å². The lowest BCUT2D eigenvalue weighted by molar-refractivity contribution is -0.128. The number of Topliss-reactive ketones (excluding diaryl/α,β-unsaturated/α-hetero) is 1. The molecule has 1 heterocycles. The first-order valence-electron chi connectivity index (χ1n) is 7.50. The van der Waals surface area contributed by atoms with Gasteiger partial charge < -0.3 is 9.80 Å². The van der Waals surface area contributed by atoms with Gasteiger partial charge in [0.25, 0.3) is 0 Å². The summed E-state index contributed by atoms with van der Waals surface area (Å²) in [7, 11) is 2.19. The SMILES string of the molecule is CC1CC(=O)C(CN2CCCN(C)CC2)C(C)C1. The maximum atomic E-state index is 12.2. The van der Waals surface area contributed by atoms with Gasteiger partial charge in [-0.3, -0.25) is 4.79 Å². The second kappa shape index (κ2) is 6.16. The van der Waals surface area contributed by atoms with Crippen molar-refractivity contribution < 1.29 is 4.79 Å². The van der Waals surface area contributed by atoms with Gasteiger partial charge >= 0.3 is 0 Å². The highest BCUT2D eigenvalue weighted by Gasteiger charge is 2.33. The molecule has 0 spiro atoms. The van der Waals surface area contributed by atoms with E-state index in [-0.39, 0.29) is 0 Å². The van der Waals surface area contributed by atoms with E-state index in [1.165, 1.54) is 19.4 Å². The second-order valence-corrected chi connectivity index (χ2v) is 6.55. The fourth-order valence-electron chi connectivity index (χ4n) is 3.54. The molecule has 0 radical (unpaired) electrons. The Morgan fingerprint density at radius 3 is 2.67 bits per heavy atom. The van der Waals surface area contributed by atoms with Gasteiger partial charge in [0.05, 0.1) is 0 Å². The molecule has 104 valence electrons. The number of nitrogens with zero attached hydrogens (tertiary/aromatic N) is 2. The van der Waals surface area contributed by atoms with Gasteiger partial charge in [-0.25, -0.2) is 0 Å². The van der Waals surface area contributed by atoms with E-state index >= 15 is 0 Å². The highest BCUT2D eigenvalue weighted by atomic mass is 16.1. The lowest BCUT2D eigenvalue weighted by Crippen LogP contribution is -2.41. The summed E-state index contributed by atoms with van der Waals surface area (Å²) in [5.74, 6) is 1.98. The van der Waals surface area contributed by atoms with Crippen molar-refractivity contribution in [2.45, 2.75) is 33.1 Å². The van der Waals surface area contributed by atoms with Gasteiger partial charge in [-0.15, -0.1) is 0 Å². The molecule has 0 aromatic carbocycles. The third kappa shape index (κ3) is 3.55. The third-order valence-electron chi connectivity index (χ3n) is 4.69. The summed E-state index contributed by atoms with van der Waals surface area (Å²) in [4.78, 5) is 17.1. The van der Waals surface area contributed by atoms with Gasteiger partial charge in [0.2, 0.25) is 0 Å². The van der Waals surface area contributed by atoms with Crippen LogP contribution < -0.4 is 0 Å². The van der Waals surface area contributed by atoms with Crippen LogP contribution in [0.25, 0.3) is 0 Å². The van der Waals surface area contributed by atoms with E-state index in [1.54, 1.807) is 0 Å². The summed E-state index contributed by atoms with van der Waals surface area (Å²) in [5, 5.41) is 0. The topological polar surface area (TPSA) is 23.6 Å². The molecule has 3 unspecified atom stereocenters. The van der Waals surface area contributed by atoms with Crippen LogP contribution in [0.3, 0.4) is 0 Å². The average Bonchev–Trinajstić information content (AvgIpc) is 2.48. The lowest BCUT2D eigenvalue weighted by atomic mass is 9.74. The van der Waals surface area contributed by atoms with E-state index in [9.17, 15) is 4.79 Å². The van der Waals surface area contributed by atoms with Crippen LogP contribution in [-0.2, 0) is 4.79 Å². The van der Waals surface area contributed by atoms with Crippen LogP contribution in [0.1, 0.15) is 33.1 Å². The van der Waals surface area contributed by atoms with Gasteiger partial charge in [0.15, 0.2) is 0 Å². The second-order valence-electron chi connectivity index (χ2n) is 6.55. The largest absolute Gasteiger partial charge is 0.305 e. The number of carbonyl (C=O) groups excluding carboxylic acids is 1. The van der Waals surface area contributed by atoms with Crippen molar-refractivity contribution in [3.63, 3.8) is 0 Å². The number of likely N-dealkylation sites (N-methyl/N-ethyl adjacent to an activating group) is 1. The summed E-state index contributed by atoms with van der Waals surface area (Å²) in [6, 6.07) is 0. The van der Waals surface area contributed by atoms with Gasteiger partial charge in [-0.05, 0) is 44.8 Å². The monoisotopic (exact) mass is 252 g/mol. The Labute approximate surface area is 112 Å². The Bertz CT molecular complexity index is 292. The Morgan fingerprint density at radius 1 is 1.17 bits per heavy atom. The molecular weight excluding hydrogens is 224 g/mol. The predicted molar refractivity (Wildman–Crippen MR) is 74.6 cm³/mol. The molecule has 2 aliphatic rings. The molecule has 18 heavy (non-hydrogen) atoms. The molecule has 3 heteroatoms. The molecule has 1 aliphatic carbocycles. The molecule has 0 bridgehead atoms. The van der Waals surface area contributed by atoms with Crippen LogP contribution in [-0.4, -0.2) is 55.4 Å². The first kappa shape index (κ1) is 14.0. The van der Waals surface area contributed by atoms with E-state index in [0.717, 1.165) is 32.6 Å². The highest BCUT2D eigenvalue weighted by molar-refractivity contribution is 5.82. The van der Waals surface area contributed by atoms with E-state index < -0.39 is 0 Å². The molecule has 0 aromatic heterocycles. The van der Waals surface area contributed by atoms with Crippen LogP contribution in [0.4, 0.5) is 0 Å². The maximum Gasteiger partial charge on any atom is 0.137 e. The van der Waals surface area contributed by atoms with Crippen molar-refractivity contribution in [1.82, 2.24) is 9.80 Å². The Balaban J connectivity index is 1.89. The number of carbonyl (C=O) groups is 1. The highest BCUT2D eigenvalue weighted by Crippen LogP contribution is 2.31. The number of hydrogen-bond donors (Lipinski definition) is 0. The normalized spacial score (nSPS) is 36.6. The Kier molecular flexibility index (Phi) is 4.79. The smallest absolute Gasteiger partial charge is 0.137 e. The molecule has 0 amide bonds. The summed E-state index contributed by atoms with van der Waals surface area (Å²) in [6.07, 6.45) is 3.27. The van der Waals surface area contributed by atoms with E-state index in [0.29, 0.717) is 23.5 Å². The molecule has 1 saturated heterocycles. The standard InChI is InChI=1S/C15H28N2O/c1-12-9-13(2)14(15(18)10-12)11-17-6-4-5-16(3)7-8-17/h12-14H,4-11H2,1-3H3. The minimum atomic E-state index is 0.296. The van der Waals surface area contributed by atoms with Crippen molar-refractivity contribution in [2.24, 2.45) is 17.8 Å². The molecule has 2 fully saturated rings. The fraction of sp³-hybridized carbons (Fsp3) is 0.933. The zero-order chi connectivity index (χ0) is 13.1. The predicted octanol–water partition coefficient (Wildman–Crippen LogP) is 1.88. The van der Waals surface area contributed by atoms with Crippen molar-refractivity contribution in [2.75, 3.05) is 39.8 Å². The fourth-order valence-corrected chi connectivity index (χ4v) is 3.54. The minimum absolute atomic E-state index is 0.296. The van der Waals surface area contributed by atoms with Crippen molar-refractivity contribution >= 4 is 5.78 Å². The van der Waals surface area contributed by atoms with E-state index in [4.69, 9.17) is 0 Å². The molecule has 2 rings (SSSR count). The summed E-state index contributed by atoms with van der Waals surface area (Å²) >= 11 is 0. The molecule has 3 nitrogen and oxygen atoms in total. The average molecular weight is 252 g/mol. The molecule has 1 saturated carbocycles. The molecule has 0 N–H and O–H groups in total. The van der Waals surface area contributed by atoms with Crippen LogP contribution in [0, 0.1) is 17.8 Å². The third-order valence-corrected chi connectivity index (χ3v) is 4.69. The summed E-state index contributed by atoms with van der Waals surface area (Å²) < 4.78 is 0. The van der Waals surface area contributed by atoms with Crippen LogP contribution >= 0.6 is 0 Å². The molecular formula is C15H28N2O. The van der Waals surface area contributed by atoms with Crippen LogP contribution in [0.5, 0.6) is 0 Å².